The van der Waals surface area contributed by atoms with Gasteiger partial charge in [0.15, 0.2) is 5.82 Å². The highest BCUT2D eigenvalue weighted by Crippen LogP contribution is 2.33. The second-order valence-electron chi connectivity index (χ2n) is 8.90. The van der Waals surface area contributed by atoms with E-state index in [4.69, 9.17) is 10.5 Å². The highest BCUT2D eigenvalue weighted by atomic mass is 19.4. The molecule has 39 heavy (non-hydrogen) atoms. The number of amides is 2. The summed E-state index contributed by atoms with van der Waals surface area (Å²) in [5.41, 5.74) is 7.46. The maximum Gasteiger partial charge on any atom is 0.416 e. The van der Waals surface area contributed by atoms with Crippen molar-refractivity contribution in [3.05, 3.63) is 66.0 Å². The first-order valence-corrected chi connectivity index (χ1v) is 12.0. The van der Waals surface area contributed by atoms with Gasteiger partial charge in [-0.25, -0.2) is 23.7 Å². The Morgan fingerprint density at radius 3 is 2.72 bits per heavy atom. The normalized spacial score (nSPS) is 14.8. The molecule has 10 nitrogen and oxygen atoms in total. The summed E-state index contributed by atoms with van der Waals surface area (Å²) < 4.78 is 61.0. The average Bonchev–Trinajstić information content (AvgIpc) is 3.06. The third kappa shape index (κ3) is 5.91. The minimum atomic E-state index is -4.60. The topological polar surface area (TPSA) is 123 Å². The monoisotopic (exact) mass is 544 g/mol. The van der Waals surface area contributed by atoms with Crippen LogP contribution in [0.5, 0.6) is 0 Å². The molecule has 0 aliphatic carbocycles. The number of halogens is 4. The third-order valence-electron chi connectivity index (χ3n) is 6.21. The number of nitrogen functional groups attached to an aromatic ring is 1. The molecule has 0 radical (unpaired) electrons. The molecule has 4 N–H and O–H groups in total. The molecular weight excluding hydrogens is 520 g/mol. The molecule has 5 rings (SSSR count). The Kier molecular flexibility index (Phi) is 7.30. The minimum Gasteiger partial charge on any atom is -0.382 e. The van der Waals surface area contributed by atoms with E-state index in [2.05, 4.69) is 30.6 Å². The van der Waals surface area contributed by atoms with E-state index in [1.54, 1.807) is 10.6 Å². The molecule has 3 aromatic heterocycles. The van der Waals surface area contributed by atoms with Gasteiger partial charge in [-0.3, -0.25) is 10.2 Å². The maximum absolute atomic E-state index is 15.1. The van der Waals surface area contributed by atoms with E-state index in [1.165, 1.54) is 18.5 Å². The van der Waals surface area contributed by atoms with Crippen LogP contribution in [0.25, 0.3) is 16.6 Å². The Morgan fingerprint density at radius 1 is 1.08 bits per heavy atom. The molecule has 0 spiro atoms. The lowest BCUT2D eigenvalue weighted by molar-refractivity contribution is -0.137. The lowest BCUT2D eigenvalue weighted by Crippen LogP contribution is -2.26. The maximum atomic E-state index is 15.1. The van der Waals surface area contributed by atoms with Crippen molar-refractivity contribution in [1.29, 1.82) is 0 Å². The van der Waals surface area contributed by atoms with Crippen molar-refractivity contribution in [3.63, 3.8) is 0 Å². The number of nitrogens with one attached hydrogen (secondary N) is 2. The van der Waals surface area contributed by atoms with Gasteiger partial charge in [-0.2, -0.15) is 18.3 Å². The molecule has 0 unspecified atom stereocenters. The van der Waals surface area contributed by atoms with Crippen molar-refractivity contribution < 1.29 is 27.1 Å². The fourth-order valence-corrected chi connectivity index (χ4v) is 4.38. The van der Waals surface area contributed by atoms with Gasteiger partial charge in [0.2, 0.25) is 0 Å². The van der Waals surface area contributed by atoms with Gasteiger partial charge in [0.05, 0.1) is 23.6 Å². The van der Waals surface area contributed by atoms with Gasteiger partial charge in [0.25, 0.3) is 0 Å². The fourth-order valence-electron chi connectivity index (χ4n) is 4.38. The molecule has 204 valence electrons. The first-order valence-electron chi connectivity index (χ1n) is 12.0. The zero-order valence-corrected chi connectivity index (χ0v) is 20.5. The van der Waals surface area contributed by atoms with Crippen molar-refractivity contribution in [2.75, 3.05) is 42.7 Å². The van der Waals surface area contributed by atoms with Gasteiger partial charge in [-0.15, -0.1) is 0 Å². The number of hydrogen-bond acceptors (Lipinski definition) is 7. The van der Waals surface area contributed by atoms with Gasteiger partial charge < -0.3 is 15.8 Å². The lowest BCUT2D eigenvalue weighted by atomic mass is 10.1. The summed E-state index contributed by atoms with van der Waals surface area (Å²) >= 11 is 0. The van der Waals surface area contributed by atoms with Crippen molar-refractivity contribution in [2.45, 2.75) is 19.1 Å². The molecule has 2 amide bonds. The van der Waals surface area contributed by atoms with Gasteiger partial charge >= 0.3 is 12.2 Å². The highest BCUT2D eigenvalue weighted by Gasteiger charge is 2.31. The number of rotatable bonds is 5. The number of hydrogen-bond donors (Lipinski definition) is 3. The Morgan fingerprint density at radius 2 is 1.92 bits per heavy atom. The average molecular weight is 545 g/mol. The van der Waals surface area contributed by atoms with Crippen molar-refractivity contribution in [2.24, 2.45) is 0 Å². The van der Waals surface area contributed by atoms with E-state index < -0.39 is 23.6 Å². The number of carbonyl (C=O) groups is 1. The summed E-state index contributed by atoms with van der Waals surface area (Å²) in [4.78, 5) is 22.3. The van der Waals surface area contributed by atoms with Crippen molar-refractivity contribution in [1.82, 2.24) is 24.5 Å². The summed E-state index contributed by atoms with van der Waals surface area (Å²) in [7, 11) is 0. The number of alkyl halides is 3. The van der Waals surface area contributed by atoms with Crippen LogP contribution >= 0.6 is 0 Å². The van der Waals surface area contributed by atoms with Crippen LogP contribution in [0, 0.1) is 5.82 Å². The predicted octanol–water partition coefficient (Wildman–Crippen LogP) is 4.40. The van der Waals surface area contributed by atoms with Gasteiger partial charge in [-0.05, 0) is 42.3 Å². The summed E-state index contributed by atoms with van der Waals surface area (Å²) in [6.45, 7) is 3.53. The molecule has 1 fully saturated rings. The number of pyridine rings is 1. The van der Waals surface area contributed by atoms with Gasteiger partial charge in [0, 0.05) is 38.0 Å². The first kappa shape index (κ1) is 26.3. The highest BCUT2D eigenvalue weighted by molar-refractivity contribution is 5.99. The first-order chi connectivity index (χ1) is 18.7. The summed E-state index contributed by atoms with van der Waals surface area (Å²) in [5.74, 6) is -0.875. The number of nitrogens with zero attached hydrogens (tertiary/aromatic N) is 5. The van der Waals surface area contributed by atoms with Crippen LogP contribution in [0.3, 0.4) is 0 Å². The van der Waals surface area contributed by atoms with E-state index in [1.807, 2.05) is 6.07 Å². The zero-order chi connectivity index (χ0) is 27.6. The molecule has 1 aliphatic heterocycles. The number of carbonyl (C=O) groups excluding carboxylic acids is 1. The standard InChI is InChI=1S/C25H24F4N8O2/c26-19-10-15(2-3-20(19)34-24(38)35-21-11-16(4-5-31-21)25(27,28)29)18-12-17(13-36-6-1-8-39-9-7-36)37-22(18)23(30)32-14-33-37/h2-5,10-12,14H,1,6-9,13H2,(H2,30,32,33)(H2,31,34,35,38). The number of nitrogens with two attached hydrogens (primary N) is 1. The quantitative estimate of drug-likeness (QED) is 0.319. The zero-order valence-electron chi connectivity index (χ0n) is 20.5. The molecule has 0 saturated carbocycles. The lowest BCUT2D eigenvalue weighted by Gasteiger charge is -2.18. The van der Waals surface area contributed by atoms with Crippen LogP contribution in [0.2, 0.25) is 0 Å². The van der Waals surface area contributed by atoms with Crippen LogP contribution in [0.15, 0.2) is 48.9 Å². The second kappa shape index (κ2) is 10.8. The van der Waals surface area contributed by atoms with Gasteiger partial charge in [0.1, 0.15) is 23.5 Å². The Balaban J connectivity index is 1.37. The number of benzene rings is 1. The Bertz CT molecular complexity index is 1500. The number of urea groups is 1. The molecule has 4 heterocycles. The molecule has 1 saturated heterocycles. The minimum absolute atomic E-state index is 0.180. The summed E-state index contributed by atoms with van der Waals surface area (Å²) in [6.07, 6.45) is -1.42. The van der Waals surface area contributed by atoms with Crippen molar-refractivity contribution in [3.8, 4) is 11.1 Å². The van der Waals surface area contributed by atoms with Gasteiger partial charge in [-0.1, -0.05) is 6.07 Å². The molecule has 0 bridgehead atoms. The van der Waals surface area contributed by atoms with Crippen molar-refractivity contribution >= 4 is 28.9 Å². The number of fused-ring (bicyclic) bond motifs is 1. The van der Waals surface area contributed by atoms with E-state index in [0.29, 0.717) is 42.5 Å². The van der Waals surface area contributed by atoms with Crippen LogP contribution in [-0.4, -0.2) is 56.8 Å². The van der Waals surface area contributed by atoms with Crippen LogP contribution in [0.4, 0.5) is 39.7 Å². The van der Waals surface area contributed by atoms with Crippen LogP contribution < -0.4 is 16.4 Å². The molecule has 14 heteroatoms. The second-order valence-corrected chi connectivity index (χ2v) is 8.90. The third-order valence-corrected chi connectivity index (χ3v) is 6.21. The number of aromatic nitrogens is 4. The van der Waals surface area contributed by atoms with E-state index in [9.17, 15) is 18.0 Å². The Hall–Kier alpha value is -4.30. The van der Waals surface area contributed by atoms with Crippen LogP contribution in [-0.2, 0) is 17.5 Å². The SMILES string of the molecule is Nc1ncnn2c(CN3CCCOCC3)cc(-c3ccc(NC(=O)Nc4cc(C(F)(F)F)ccn4)c(F)c3)c12. The molecule has 0 atom stereocenters. The van der Waals surface area contributed by atoms with E-state index in [-0.39, 0.29) is 17.3 Å². The number of ether oxygens (including phenoxy) is 1. The number of anilines is 3. The molecule has 4 aromatic rings. The van der Waals surface area contributed by atoms with Crippen LogP contribution in [0.1, 0.15) is 17.7 Å². The molecular formula is C25H24F4N8O2. The van der Waals surface area contributed by atoms with E-state index in [0.717, 1.165) is 37.5 Å². The smallest absolute Gasteiger partial charge is 0.382 e. The molecule has 1 aliphatic rings. The largest absolute Gasteiger partial charge is 0.416 e. The summed E-state index contributed by atoms with van der Waals surface area (Å²) in [5, 5.41) is 8.82. The predicted molar refractivity (Wildman–Crippen MR) is 135 cm³/mol. The van der Waals surface area contributed by atoms with E-state index >= 15 is 4.39 Å². The molecule has 1 aromatic carbocycles. The fraction of sp³-hybridized carbons (Fsp3) is 0.280. The Labute approximate surface area is 219 Å². The summed E-state index contributed by atoms with van der Waals surface area (Å²) in [6, 6.07) is 6.54.